The predicted octanol–water partition coefficient (Wildman–Crippen LogP) is 2.44. The highest BCUT2D eigenvalue weighted by Gasteiger charge is 2.18. The fourth-order valence-electron chi connectivity index (χ4n) is 2.49. The van der Waals surface area contributed by atoms with E-state index in [4.69, 9.17) is 0 Å². The first-order chi connectivity index (χ1) is 12.0. The van der Waals surface area contributed by atoms with Crippen LogP contribution in [0.1, 0.15) is 24.8 Å². The van der Waals surface area contributed by atoms with Crippen molar-refractivity contribution in [1.29, 1.82) is 0 Å². The molecule has 0 aliphatic carbocycles. The second-order valence-electron chi connectivity index (χ2n) is 5.86. The Hall–Kier alpha value is -2.73. The van der Waals surface area contributed by atoms with Crippen LogP contribution in [0.15, 0.2) is 54.6 Å². The first kappa shape index (κ1) is 18.6. The van der Waals surface area contributed by atoms with Gasteiger partial charge in [-0.25, -0.2) is 4.39 Å². The molecule has 2 amide bonds. The molecule has 0 aromatic heterocycles. The molecule has 2 atom stereocenters. The minimum Gasteiger partial charge on any atom is -0.393 e. The van der Waals surface area contributed by atoms with Crippen molar-refractivity contribution in [2.45, 2.75) is 25.4 Å². The molecule has 0 radical (unpaired) electrons. The minimum atomic E-state index is -0.824. The van der Waals surface area contributed by atoms with Gasteiger partial charge >= 0.3 is 11.8 Å². The van der Waals surface area contributed by atoms with Crippen LogP contribution in [0.2, 0.25) is 0 Å². The Morgan fingerprint density at radius 3 is 2.28 bits per heavy atom. The van der Waals surface area contributed by atoms with Crippen LogP contribution in [-0.4, -0.2) is 29.6 Å². The molecule has 3 N–H and O–H groups in total. The first-order valence-corrected chi connectivity index (χ1v) is 8.03. The maximum atomic E-state index is 12.8. The molecule has 0 aliphatic rings. The van der Waals surface area contributed by atoms with E-state index < -0.39 is 23.7 Å². The van der Waals surface area contributed by atoms with Gasteiger partial charge in [0.15, 0.2) is 0 Å². The maximum absolute atomic E-state index is 12.8. The van der Waals surface area contributed by atoms with E-state index in [-0.39, 0.29) is 12.5 Å². The van der Waals surface area contributed by atoms with E-state index in [0.29, 0.717) is 12.1 Å². The summed E-state index contributed by atoms with van der Waals surface area (Å²) in [5.41, 5.74) is 1.31. The van der Waals surface area contributed by atoms with Crippen LogP contribution in [0.4, 0.5) is 10.1 Å². The van der Waals surface area contributed by atoms with E-state index in [2.05, 4.69) is 10.6 Å². The molecule has 0 fully saturated rings. The molecule has 0 saturated carbocycles. The van der Waals surface area contributed by atoms with E-state index in [0.717, 1.165) is 5.56 Å². The number of rotatable bonds is 6. The molecule has 0 spiro atoms. The van der Waals surface area contributed by atoms with Gasteiger partial charge in [-0.3, -0.25) is 9.59 Å². The van der Waals surface area contributed by atoms with Gasteiger partial charge in [-0.2, -0.15) is 0 Å². The molecule has 2 aromatic carbocycles. The molecule has 2 unspecified atom stereocenters. The zero-order valence-electron chi connectivity index (χ0n) is 13.9. The lowest BCUT2D eigenvalue weighted by molar-refractivity contribution is -0.136. The van der Waals surface area contributed by atoms with Crippen LogP contribution in [0.3, 0.4) is 0 Å². The van der Waals surface area contributed by atoms with Crippen LogP contribution >= 0.6 is 0 Å². The Bertz CT molecular complexity index is 702. The lowest BCUT2D eigenvalue weighted by Crippen LogP contribution is -2.38. The Labute approximate surface area is 145 Å². The van der Waals surface area contributed by atoms with E-state index in [1.807, 2.05) is 30.3 Å². The molecular formula is C19H21FN2O3. The topological polar surface area (TPSA) is 78.4 Å². The van der Waals surface area contributed by atoms with E-state index in [9.17, 15) is 19.1 Å². The number of nitrogens with one attached hydrogen (secondary N) is 2. The summed E-state index contributed by atoms with van der Waals surface area (Å²) in [5, 5.41) is 14.6. The zero-order chi connectivity index (χ0) is 18.2. The lowest BCUT2D eigenvalue weighted by atomic mass is 9.93. The highest BCUT2D eigenvalue weighted by Crippen LogP contribution is 2.20. The molecule has 25 heavy (non-hydrogen) atoms. The largest absolute Gasteiger partial charge is 0.393 e. The van der Waals surface area contributed by atoms with E-state index in [1.165, 1.54) is 24.3 Å². The van der Waals surface area contributed by atoms with Crippen molar-refractivity contribution < 1.29 is 19.1 Å². The molecule has 0 saturated heterocycles. The summed E-state index contributed by atoms with van der Waals surface area (Å²) < 4.78 is 12.8. The summed E-state index contributed by atoms with van der Waals surface area (Å²) >= 11 is 0. The molecule has 0 aliphatic heterocycles. The summed E-state index contributed by atoms with van der Waals surface area (Å²) in [6.45, 7) is 1.91. The number of aliphatic hydroxyl groups is 1. The molecule has 5 nitrogen and oxygen atoms in total. The van der Waals surface area contributed by atoms with Gasteiger partial charge < -0.3 is 15.7 Å². The Balaban J connectivity index is 1.93. The molecule has 2 rings (SSSR count). The van der Waals surface area contributed by atoms with Crippen LogP contribution < -0.4 is 10.6 Å². The third-order valence-corrected chi connectivity index (χ3v) is 3.71. The SMILES string of the molecule is CC(O)CC(CNC(=O)C(=O)Nc1ccc(F)cc1)c1ccccc1. The number of benzene rings is 2. The minimum absolute atomic E-state index is 0.108. The number of carbonyl (C=O) groups excluding carboxylic acids is 2. The van der Waals surface area contributed by atoms with Gasteiger partial charge in [0.05, 0.1) is 6.10 Å². The van der Waals surface area contributed by atoms with Gasteiger partial charge in [0.25, 0.3) is 0 Å². The summed E-state index contributed by atoms with van der Waals surface area (Å²) in [7, 11) is 0. The second kappa shape index (κ2) is 8.94. The molecule has 132 valence electrons. The number of amides is 2. The third kappa shape index (κ3) is 6.00. The number of aliphatic hydroxyl groups excluding tert-OH is 1. The van der Waals surface area contributed by atoms with Gasteiger partial charge in [0.2, 0.25) is 0 Å². The third-order valence-electron chi connectivity index (χ3n) is 3.71. The number of hydrogen-bond donors (Lipinski definition) is 3. The predicted molar refractivity (Wildman–Crippen MR) is 93.5 cm³/mol. The van der Waals surface area contributed by atoms with E-state index >= 15 is 0 Å². The van der Waals surface area contributed by atoms with Gasteiger partial charge in [-0.15, -0.1) is 0 Å². The second-order valence-corrected chi connectivity index (χ2v) is 5.86. The standard InChI is InChI=1S/C19H21FN2O3/c1-13(23)11-15(14-5-3-2-4-6-14)12-21-18(24)19(25)22-17-9-7-16(20)8-10-17/h2-10,13,15,23H,11-12H2,1H3,(H,21,24)(H,22,25). The van der Waals surface area contributed by atoms with Gasteiger partial charge in [-0.1, -0.05) is 30.3 Å². The zero-order valence-corrected chi connectivity index (χ0v) is 13.9. The van der Waals surface area contributed by atoms with Crippen molar-refractivity contribution in [3.8, 4) is 0 Å². The quantitative estimate of drug-likeness (QED) is 0.704. The van der Waals surface area contributed by atoms with Crippen LogP contribution in [0.25, 0.3) is 0 Å². The molecule has 2 aromatic rings. The molecular weight excluding hydrogens is 323 g/mol. The average molecular weight is 344 g/mol. The fourth-order valence-corrected chi connectivity index (χ4v) is 2.49. The Kier molecular flexibility index (Phi) is 6.65. The smallest absolute Gasteiger partial charge is 0.313 e. The number of anilines is 1. The van der Waals surface area contributed by atoms with Crippen LogP contribution in [-0.2, 0) is 9.59 Å². The monoisotopic (exact) mass is 344 g/mol. The van der Waals surface area contributed by atoms with Crippen molar-refractivity contribution >= 4 is 17.5 Å². The highest BCUT2D eigenvalue weighted by atomic mass is 19.1. The maximum Gasteiger partial charge on any atom is 0.313 e. The number of halogens is 1. The van der Waals surface area contributed by atoms with Crippen molar-refractivity contribution in [3.05, 3.63) is 66.0 Å². The average Bonchev–Trinajstić information content (AvgIpc) is 2.60. The summed E-state index contributed by atoms with van der Waals surface area (Å²) in [6.07, 6.45) is -0.0701. The molecule has 6 heteroatoms. The molecule has 0 heterocycles. The Morgan fingerprint density at radius 2 is 1.68 bits per heavy atom. The summed E-state index contributed by atoms with van der Waals surface area (Å²) in [4.78, 5) is 23.9. The highest BCUT2D eigenvalue weighted by molar-refractivity contribution is 6.39. The Morgan fingerprint density at radius 1 is 1.04 bits per heavy atom. The van der Waals surface area contributed by atoms with Crippen molar-refractivity contribution in [3.63, 3.8) is 0 Å². The lowest BCUT2D eigenvalue weighted by Gasteiger charge is -2.19. The van der Waals surface area contributed by atoms with Gasteiger partial charge in [-0.05, 0) is 43.2 Å². The number of hydrogen-bond acceptors (Lipinski definition) is 3. The summed E-state index contributed by atoms with van der Waals surface area (Å²) in [6, 6.07) is 14.6. The fraction of sp³-hybridized carbons (Fsp3) is 0.263. The van der Waals surface area contributed by atoms with Crippen molar-refractivity contribution in [2.24, 2.45) is 0 Å². The van der Waals surface area contributed by atoms with Crippen molar-refractivity contribution in [2.75, 3.05) is 11.9 Å². The normalized spacial score (nSPS) is 12.9. The van der Waals surface area contributed by atoms with Crippen LogP contribution in [0.5, 0.6) is 0 Å². The van der Waals surface area contributed by atoms with Gasteiger partial charge in [0, 0.05) is 18.2 Å². The summed E-state index contributed by atoms with van der Waals surface area (Å²) in [5.74, 6) is -2.14. The number of carbonyl (C=O) groups is 2. The van der Waals surface area contributed by atoms with Crippen molar-refractivity contribution in [1.82, 2.24) is 5.32 Å². The van der Waals surface area contributed by atoms with Crippen LogP contribution in [0, 0.1) is 5.82 Å². The van der Waals surface area contributed by atoms with Gasteiger partial charge in [0.1, 0.15) is 5.82 Å². The first-order valence-electron chi connectivity index (χ1n) is 8.03. The van der Waals surface area contributed by atoms with E-state index in [1.54, 1.807) is 6.92 Å². The molecule has 0 bridgehead atoms.